The van der Waals surface area contributed by atoms with Crippen molar-refractivity contribution in [2.45, 2.75) is 39.7 Å². The van der Waals surface area contributed by atoms with Gasteiger partial charge in [-0.2, -0.15) is 0 Å². The predicted octanol–water partition coefficient (Wildman–Crippen LogP) is 3.02. The van der Waals surface area contributed by atoms with Gasteiger partial charge in [-0.3, -0.25) is 9.69 Å². The van der Waals surface area contributed by atoms with Gasteiger partial charge >= 0.3 is 5.97 Å². The third-order valence-electron chi connectivity index (χ3n) is 3.91. The molecule has 0 aromatic heterocycles. The molecule has 0 bridgehead atoms. The van der Waals surface area contributed by atoms with Crippen LogP contribution in [0, 0.1) is 5.92 Å². The number of rotatable bonds is 5. The van der Waals surface area contributed by atoms with Gasteiger partial charge in [0.05, 0.1) is 12.5 Å². The standard InChI is InChI=1S/C17H25NO2/c1-3-5-10-18-12-15-9-7-6-8-14(15)11-16(13-18)17(19)20-4-2/h6-9,16H,3-5,10-13H2,1-2H3. The van der Waals surface area contributed by atoms with E-state index < -0.39 is 0 Å². The van der Waals surface area contributed by atoms with Crippen LogP contribution in [0.2, 0.25) is 0 Å². The van der Waals surface area contributed by atoms with E-state index in [4.69, 9.17) is 4.74 Å². The zero-order valence-corrected chi connectivity index (χ0v) is 12.6. The number of hydrogen-bond acceptors (Lipinski definition) is 3. The molecule has 0 spiro atoms. The molecule has 2 rings (SSSR count). The van der Waals surface area contributed by atoms with E-state index in [-0.39, 0.29) is 11.9 Å². The van der Waals surface area contributed by atoms with E-state index in [1.165, 1.54) is 24.0 Å². The highest BCUT2D eigenvalue weighted by atomic mass is 16.5. The number of esters is 1. The highest BCUT2D eigenvalue weighted by Crippen LogP contribution is 2.23. The first-order chi connectivity index (χ1) is 9.74. The second-order valence-corrected chi connectivity index (χ2v) is 5.51. The maximum atomic E-state index is 12.1. The molecule has 110 valence electrons. The van der Waals surface area contributed by atoms with Gasteiger partial charge in [-0.1, -0.05) is 37.6 Å². The Bertz CT molecular complexity index is 444. The molecule has 0 radical (unpaired) electrons. The maximum absolute atomic E-state index is 12.1. The van der Waals surface area contributed by atoms with Gasteiger partial charge in [-0.25, -0.2) is 0 Å². The average Bonchev–Trinajstić information content (AvgIpc) is 2.64. The van der Waals surface area contributed by atoms with Gasteiger partial charge in [0.15, 0.2) is 0 Å². The summed E-state index contributed by atoms with van der Waals surface area (Å²) in [7, 11) is 0. The van der Waals surface area contributed by atoms with Crippen LogP contribution in [0.1, 0.15) is 37.8 Å². The van der Waals surface area contributed by atoms with Gasteiger partial charge in [-0.05, 0) is 37.4 Å². The average molecular weight is 275 g/mol. The summed E-state index contributed by atoms with van der Waals surface area (Å²) in [5, 5.41) is 0. The molecule has 3 nitrogen and oxygen atoms in total. The lowest BCUT2D eigenvalue weighted by Crippen LogP contribution is -2.33. The first-order valence-electron chi connectivity index (χ1n) is 7.70. The summed E-state index contributed by atoms with van der Waals surface area (Å²) in [6.45, 7) is 7.36. The van der Waals surface area contributed by atoms with Crippen molar-refractivity contribution >= 4 is 5.97 Å². The van der Waals surface area contributed by atoms with E-state index in [9.17, 15) is 4.79 Å². The van der Waals surface area contributed by atoms with Crippen LogP contribution in [0.15, 0.2) is 24.3 Å². The van der Waals surface area contributed by atoms with Gasteiger partial charge in [-0.15, -0.1) is 0 Å². The maximum Gasteiger partial charge on any atom is 0.310 e. The highest BCUT2D eigenvalue weighted by molar-refractivity contribution is 5.73. The molecule has 3 heteroatoms. The Morgan fingerprint density at radius 2 is 2.05 bits per heavy atom. The van der Waals surface area contributed by atoms with Crippen molar-refractivity contribution in [3.63, 3.8) is 0 Å². The molecule has 0 saturated carbocycles. The second kappa shape index (κ2) is 7.44. The van der Waals surface area contributed by atoms with Crippen LogP contribution < -0.4 is 0 Å². The fraction of sp³-hybridized carbons (Fsp3) is 0.588. The summed E-state index contributed by atoms with van der Waals surface area (Å²) in [6, 6.07) is 8.47. The number of fused-ring (bicyclic) bond motifs is 1. The molecular weight excluding hydrogens is 250 g/mol. The summed E-state index contributed by atoms with van der Waals surface area (Å²) in [4.78, 5) is 14.5. The van der Waals surface area contributed by atoms with Crippen LogP contribution in [-0.2, 0) is 22.5 Å². The van der Waals surface area contributed by atoms with E-state index in [0.717, 1.165) is 26.1 Å². The summed E-state index contributed by atoms with van der Waals surface area (Å²) < 4.78 is 5.24. The Morgan fingerprint density at radius 3 is 2.75 bits per heavy atom. The topological polar surface area (TPSA) is 29.5 Å². The molecule has 1 aromatic rings. The fourth-order valence-electron chi connectivity index (χ4n) is 2.83. The molecule has 0 amide bonds. The van der Waals surface area contributed by atoms with Crippen LogP contribution in [0.4, 0.5) is 0 Å². The predicted molar refractivity (Wildman–Crippen MR) is 80.5 cm³/mol. The summed E-state index contributed by atoms with van der Waals surface area (Å²) in [5.74, 6) is -0.0823. The molecule has 0 fully saturated rings. The normalized spacial score (nSPS) is 19.2. The zero-order valence-electron chi connectivity index (χ0n) is 12.6. The first kappa shape index (κ1) is 15.0. The Kier molecular flexibility index (Phi) is 5.60. The number of benzene rings is 1. The fourth-order valence-corrected chi connectivity index (χ4v) is 2.83. The van der Waals surface area contributed by atoms with E-state index in [2.05, 4.69) is 36.1 Å². The summed E-state index contributed by atoms with van der Waals surface area (Å²) >= 11 is 0. The van der Waals surface area contributed by atoms with Crippen molar-refractivity contribution in [3.05, 3.63) is 35.4 Å². The molecule has 20 heavy (non-hydrogen) atoms. The monoisotopic (exact) mass is 275 g/mol. The zero-order chi connectivity index (χ0) is 14.4. The van der Waals surface area contributed by atoms with Crippen LogP contribution in [0.3, 0.4) is 0 Å². The SMILES string of the molecule is CCCCN1Cc2ccccc2CC(C(=O)OCC)C1. The minimum absolute atomic E-state index is 0.0320. The van der Waals surface area contributed by atoms with Crippen molar-refractivity contribution < 1.29 is 9.53 Å². The van der Waals surface area contributed by atoms with E-state index in [0.29, 0.717) is 6.61 Å². The van der Waals surface area contributed by atoms with Crippen molar-refractivity contribution in [3.8, 4) is 0 Å². The van der Waals surface area contributed by atoms with Gasteiger partial charge in [0, 0.05) is 13.1 Å². The molecule has 1 heterocycles. The van der Waals surface area contributed by atoms with Gasteiger partial charge in [0.1, 0.15) is 0 Å². The minimum Gasteiger partial charge on any atom is -0.466 e. The largest absolute Gasteiger partial charge is 0.466 e. The van der Waals surface area contributed by atoms with Crippen molar-refractivity contribution in [1.29, 1.82) is 0 Å². The molecule has 0 aliphatic carbocycles. The quantitative estimate of drug-likeness (QED) is 0.774. The Balaban J connectivity index is 2.16. The molecule has 1 unspecified atom stereocenters. The van der Waals surface area contributed by atoms with Gasteiger partial charge in [0.25, 0.3) is 0 Å². The number of unbranched alkanes of at least 4 members (excludes halogenated alkanes) is 1. The van der Waals surface area contributed by atoms with Crippen molar-refractivity contribution in [2.75, 3.05) is 19.7 Å². The van der Waals surface area contributed by atoms with Crippen LogP contribution in [0.25, 0.3) is 0 Å². The molecule has 1 aromatic carbocycles. The van der Waals surface area contributed by atoms with E-state index in [1.54, 1.807) is 0 Å². The molecule has 0 N–H and O–H groups in total. The second-order valence-electron chi connectivity index (χ2n) is 5.51. The number of nitrogens with zero attached hydrogens (tertiary/aromatic N) is 1. The summed E-state index contributed by atoms with van der Waals surface area (Å²) in [6.07, 6.45) is 3.16. The number of carbonyl (C=O) groups is 1. The van der Waals surface area contributed by atoms with E-state index >= 15 is 0 Å². The lowest BCUT2D eigenvalue weighted by Gasteiger charge is -2.23. The Labute approximate surface area is 121 Å². The third kappa shape index (κ3) is 3.83. The lowest BCUT2D eigenvalue weighted by atomic mass is 9.97. The molecule has 1 aliphatic rings. The lowest BCUT2D eigenvalue weighted by molar-refractivity contribution is -0.148. The number of hydrogen-bond donors (Lipinski definition) is 0. The molecule has 0 saturated heterocycles. The van der Waals surface area contributed by atoms with E-state index in [1.807, 2.05) is 6.92 Å². The van der Waals surface area contributed by atoms with Crippen molar-refractivity contribution in [2.24, 2.45) is 5.92 Å². The van der Waals surface area contributed by atoms with Crippen LogP contribution in [-0.4, -0.2) is 30.6 Å². The number of ether oxygens (including phenoxy) is 1. The first-order valence-corrected chi connectivity index (χ1v) is 7.70. The minimum atomic E-state index is -0.0503. The molecule has 1 aliphatic heterocycles. The number of carbonyl (C=O) groups excluding carboxylic acids is 1. The van der Waals surface area contributed by atoms with Crippen molar-refractivity contribution in [1.82, 2.24) is 4.90 Å². The Morgan fingerprint density at radius 1 is 1.30 bits per heavy atom. The Hall–Kier alpha value is -1.35. The van der Waals surface area contributed by atoms with Gasteiger partial charge < -0.3 is 4.74 Å². The smallest absolute Gasteiger partial charge is 0.310 e. The van der Waals surface area contributed by atoms with Crippen LogP contribution >= 0.6 is 0 Å². The third-order valence-corrected chi connectivity index (χ3v) is 3.91. The highest BCUT2D eigenvalue weighted by Gasteiger charge is 2.27. The molecule has 1 atom stereocenters. The molecular formula is C17H25NO2. The van der Waals surface area contributed by atoms with Gasteiger partial charge in [0.2, 0.25) is 0 Å². The summed E-state index contributed by atoms with van der Waals surface area (Å²) in [5.41, 5.74) is 2.65. The van der Waals surface area contributed by atoms with Crippen LogP contribution in [0.5, 0.6) is 0 Å².